The highest BCUT2D eigenvalue weighted by atomic mass is 32.2. The first-order valence-electron chi connectivity index (χ1n) is 8.41. The number of amides is 1. The van der Waals surface area contributed by atoms with Gasteiger partial charge >= 0.3 is 0 Å². The molecule has 0 radical (unpaired) electrons. The van der Waals surface area contributed by atoms with E-state index in [1.54, 1.807) is 11.8 Å². The van der Waals surface area contributed by atoms with Crippen LogP contribution in [0.2, 0.25) is 0 Å². The largest absolute Gasteiger partial charge is 0.355 e. The Labute approximate surface area is 153 Å². The zero-order valence-corrected chi connectivity index (χ0v) is 14.8. The highest BCUT2D eigenvalue weighted by Gasteiger charge is 2.21. The van der Waals surface area contributed by atoms with Crippen LogP contribution in [0, 0.1) is 0 Å². The van der Waals surface area contributed by atoms with Crippen LogP contribution in [0.5, 0.6) is 0 Å². The van der Waals surface area contributed by atoms with Crippen LogP contribution in [0.1, 0.15) is 16.4 Å². The van der Waals surface area contributed by atoms with Crippen molar-refractivity contribution in [3.8, 4) is 0 Å². The van der Waals surface area contributed by atoms with Gasteiger partial charge in [0, 0.05) is 11.4 Å². The molecule has 25 heavy (non-hydrogen) atoms. The molecule has 126 valence electrons. The summed E-state index contributed by atoms with van der Waals surface area (Å²) >= 11 is 1.58. The van der Waals surface area contributed by atoms with E-state index in [2.05, 4.69) is 17.4 Å². The first-order valence-corrected chi connectivity index (χ1v) is 9.29. The van der Waals surface area contributed by atoms with Crippen molar-refractivity contribution in [1.82, 2.24) is 5.32 Å². The van der Waals surface area contributed by atoms with Gasteiger partial charge in [-0.15, -0.1) is 11.8 Å². The fourth-order valence-electron chi connectivity index (χ4n) is 2.60. The van der Waals surface area contributed by atoms with Gasteiger partial charge in [0.1, 0.15) is 5.25 Å². The molecule has 2 nitrogen and oxygen atoms in total. The SMILES string of the molecule is O=C(NCCc1ccccc1)[C@H](Sc1ccccc1)c1ccccc1. The van der Waals surface area contributed by atoms with Crippen LogP contribution >= 0.6 is 11.8 Å². The molecule has 3 heteroatoms. The van der Waals surface area contributed by atoms with Crippen molar-refractivity contribution in [3.05, 3.63) is 102 Å². The summed E-state index contributed by atoms with van der Waals surface area (Å²) in [5.74, 6) is 0.0518. The number of thioether (sulfide) groups is 1. The van der Waals surface area contributed by atoms with E-state index in [0.29, 0.717) is 6.54 Å². The lowest BCUT2D eigenvalue weighted by atomic mass is 10.1. The number of nitrogens with one attached hydrogen (secondary N) is 1. The van der Waals surface area contributed by atoms with Crippen molar-refractivity contribution in [1.29, 1.82) is 0 Å². The van der Waals surface area contributed by atoms with Crippen molar-refractivity contribution in [2.75, 3.05) is 6.54 Å². The summed E-state index contributed by atoms with van der Waals surface area (Å²) in [6.07, 6.45) is 0.837. The molecule has 0 saturated heterocycles. The second-order valence-corrected chi connectivity index (χ2v) is 6.93. The molecule has 1 atom stereocenters. The Morgan fingerprint density at radius 2 is 1.36 bits per heavy atom. The van der Waals surface area contributed by atoms with Crippen LogP contribution < -0.4 is 5.32 Å². The minimum atomic E-state index is -0.251. The molecule has 0 aliphatic carbocycles. The lowest BCUT2D eigenvalue weighted by molar-refractivity contribution is -0.120. The van der Waals surface area contributed by atoms with Crippen LogP contribution in [-0.4, -0.2) is 12.5 Å². The summed E-state index contributed by atoms with van der Waals surface area (Å²) in [6.45, 7) is 0.640. The molecule has 0 aliphatic heterocycles. The number of hydrogen-bond acceptors (Lipinski definition) is 2. The molecule has 0 bridgehead atoms. The van der Waals surface area contributed by atoms with Crippen molar-refractivity contribution in [3.63, 3.8) is 0 Å². The molecule has 1 amide bonds. The molecule has 0 saturated carbocycles. The monoisotopic (exact) mass is 347 g/mol. The highest BCUT2D eigenvalue weighted by molar-refractivity contribution is 8.00. The molecular formula is C22H21NOS. The Hall–Kier alpha value is -2.52. The molecule has 3 rings (SSSR count). The lowest BCUT2D eigenvalue weighted by Gasteiger charge is -2.17. The van der Waals surface area contributed by atoms with Gasteiger partial charge in [-0.2, -0.15) is 0 Å². The summed E-state index contributed by atoms with van der Waals surface area (Å²) in [6, 6.07) is 30.2. The fraction of sp³-hybridized carbons (Fsp3) is 0.136. The van der Waals surface area contributed by atoms with E-state index in [-0.39, 0.29) is 11.2 Å². The molecular weight excluding hydrogens is 326 g/mol. The summed E-state index contributed by atoms with van der Waals surface area (Å²) in [4.78, 5) is 13.9. The summed E-state index contributed by atoms with van der Waals surface area (Å²) in [5.41, 5.74) is 2.25. The Bertz CT molecular complexity index is 775. The molecule has 0 spiro atoms. The smallest absolute Gasteiger partial charge is 0.238 e. The van der Waals surface area contributed by atoms with Crippen LogP contribution in [0.25, 0.3) is 0 Å². The standard InChI is InChI=1S/C22H21NOS/c24-22(23-17-16-18-10-4-1-5-11-18)21(19-12-6-2-7-13-19)25-20-14-8-3-9-15-20/h1-15,21H,16-17H2,(H,23,24)/t21-/m1/s1. The van der Waals surface area contributed by atoms with E-state index < -0.39 is 0 Å². The van der Waals surface area contributed by atoms with Crippen molar-refractivity contribution in [2.45, 2.75) is 16.6 Å². The van der Waals surface area contributed by atoms with Crippen LogP contribution in [-0.2, 0) is 11.2 Å². The third-order valence-electron chi connectivity index (χ3n) is 3.89. The quantitative estimate of drug-likeness (QED) is 0.617. The van der Waals surface area contributed by atoms with Gasteiger partial charge in [-0.05, 0) is 29.7 Å². The number of hydrogen-bond donors (Lipinski definition) is 1. The highest BCUT2D eigenvalue weighted by Crippen LogP contribution is 2.35. The first kappa shape index (κ1) is 17.3. The average Bonchev–Trinajstić information content (AvgIpc) is 2.68. The molecule has 3 aromatic carbocycles. The minimum absolute atomic E-state index is 0.0518. The average molecular weight is 347 g/mol. The predicted octanol–water partition coefficient (Wildman–Crippen LogP) is 4.88. The Balaban J connectivity index is 1.67. The van der Waals surface area contributed by atoms with Crippen LogP contribution in [0.4, 0.5) is 0 Å². The fourth-order valence-corrected chi connectivity index (χ4v) is 3.67. The van der Waals surface area contributed by atoms with E-state index in [9.17, 15) is 4.79 Å². The maximum absolute atomic E-state index is 12.8. The maximum atomic E-state index is 12.8. The molecule has 0 aromatic heterocycles. The second kappa shape index (κ2) is 9.09. The van der Waals surface area contributed by atoms with Gasteiger partial charge in [-0.3, -0.25) is 4.79 Å². The summed E-state index contributed by atoms with van der Waals surface area (Å²) in [7, 11) is 0. The van der Waals surface area contributed by atoms with Crippen molar-refractivity contribution >= 4 is 17.7 Å². The number of carbonyl (C=O) groups is 1. The third kappa shape index (κ3) is 5.23. The molecule has 0 fully saturated rings. The predicted molar refractivity (Wildman–Crippen MR) is 105 cm³/mol. The lowest BCUT2D eigenvalue weighted by Crippen LogP contribution is -2.29. The van der Waals surface area contributed by atoms with E-state index in [1.807, 2.05) is 78.9 Å². The van der Waals surface area contributed by atoms with Gasteiger partial charge in [0.2, 0.25) is 5.91 Å². The number of benzene rings is 3. The van der Waals surface area contributed by atoms with Crippen LogP contribution in [0.15, 0.2) is 95.9 Å². The van der Waals surface area contributed by atoms with Gasteiger partial charge in [-0.25, -0.2) is 0 Å². The Kier molecular flexibility index (Phi) is 6.29. The minimum Gasteiger partial charge on any atom is -0.355 e. The van der Waals surface area contributed by atoms with Crippen molar-refractivity contribution in [2.24, 2.45) is 0 Å². The van der Waals surface area contributed by atoms with Gasteiger partial charge in [0.15, 0.2) is 0 Å². The third-order valence-corrected chi connectivity index (χ3v) is 5.16. The first-order chi connectivity index (χ1) is 12.3. The van der Waals surface area contributed by atoms with Gasteiger partial charge in [0.25, 0.3) is 0 Å². The maximum Gasteiger partial charge on any atom is 0.238 e. The Morgan fingerprint density at radius 1 is 0.800 bits per heavy atom. The zero-order valence-electron chi connectivity index (χ0n) is 14.0. The zero-order chi connectivity index (χ0) is 17.3. The van der Waals surface area contributed by atoms with Gasteiger partial charge < -0.3 is 5.32 Å². The normalized spacial score (nSPS) is 11.7. The molecule has 1 N–H and O–H groups in total. The molecule has 0 heterocycles. The topological polar surface area (TPSA) is 29.1 Å². The second-order valence-electron chi connectivity index (χ2n) is 5.75. The van der Waals surface area contributed by atoms with Gasteiger partial charge in [0.05, 0.1) is 0 Å². The molecule has 0 aliphatic rings. The number of rotatable bonds is 7. The van der Waals surface area contributed by atoms with Gasteiger partial charge in [-0.1, -0.05) is 78.9 Å². The van der Waals surface area contributed by atoms with E-state index in [4.69, 9.17) is 0 Å². The van der Waals surface area contributed by atoms with E-state index in [0.717, 1.165) is 16.9 Å². The summed E-state index contributed by atoms with van der Waals surface area (Å²) in [5, 5.41) is 2.84. The summed E-state index contributed by atoms with van der Waals surface area (Å²) < 4.78 is 0. The van der Waals surface area contributed by atoms with E-state index in [1.165, 1.54) is 5.56 Å². The van der Waals surface area contributed by atoms with Crippen LogP contribution in [0.3, 0.4) is 0 Å². The molecule has 3 aromatic rings. The molecule has 0 unspecified atom stereocenters. The van der Waals surface area contributed by atoms with E-state index >= 15 is 0 Å². The van der Waals surface area contributed by atoms with Crippen molar-refractivity contribution < 1.29 is 4.79 Å². The Morgan fingerprint density at radius 3 is 2.00 bits per heavy atom. The number of carbonyl (C=O) groups excluding carboxylic acids is 1.